The van der Waals surface area contributed by atoms with E-state index in [-0.39, 0.29) is 50.9 Å². The molecule has 2 aromatic heterocycles. The van der Waals surface area contributed by atoms with E-state index in [2.05, 4.69) is 24.8 Å². The molecule has 5 rings (SSSR count). The molecule has 1 aliphatic rings. The summed E-state index contributed by atoms with van der Waals surface area (Å²) in [6.07, 6.45) is -7.67. The van der Waals surface area contributed by atoms with Crippen molar-refractivity contribution in [2.24, 2.45) is 0 Å². The van der Waals surface area contributed by atoms with E-state index in [0.29, 0.717) is 5.69 Å². The number of nitrogens with one attached hydrogen (secondary N) is 1. The number of pyridine rings is 1. The third kappa shape index (κ3) is 5.28. The zero-order chi connectivity index (χ0) is 28.9. The number of hydrogen-bond acceptors (Lipinski definition) is 7. The lowest BCUT2D eigenvalue weighted by molar-refractivity contribution is -0.287. The first kappa shape index (κ1) is 27.3. The number of halogens is 5. The summed E-state index contributed by atoms with van der Waals surface area (Å²) in [5, 5.41) is 2.57. The lowest BCUT2D eigenvalue weighted by Gasteiger charge is -2.13. The van der Waals surface area contributed by atoms with Gasteiger partial charge < -0.3 is 19.4 Å². The average molecular weight is 583 g/mol. The number of ether oxygens (including phenoxy) is 2. The number of amides is 1. The SMILES string of the molecule is CCS(=O)(=O)c1ccc(CNC(=O)c2ccc3c(c2)nc(C(F)(F)F)n3Cc2cccc3c2OC(F)(F)O3)nc1. The number of aromatic nitrogens is 3. The first-order valence-corrected chi connectivity index (χ1v) is 13.3. The van der Waals surface area contributed by atoms with Crippen LogP contribution < -0.4 is 14.8 Å². The third-order valence-corrected chi connectivity index (χ3v) is 7.79. The van der Waals surface area contributed by atoms with Crippen LogP contribution in [0, 0.1) is 0 Å². The number of hydrogen-bond donors (Lipinski definition) is 1. The molecule has 0 saturated carbocycles. The van der Waals surface area contributed by atoms with Gasteiger partial charge in [0.25, 0.3) is 5.91 Å². The smallest absolute Gasteiger partial charge is 0.395 e. The Labute approximate surface area is 223 Å². The molecule has 0 unspecified atom stereocenters. The van der Waals surface area contributed by atoms with Crippen molar-refractivity contribution in [1.82, 2.24) is 19.9 Å². The maximum absolute atomic E-state index is 13.9. The summed E-state index contributed by atoms with van der Waals surface area (Å²) >= 11 is 0. The van der Waals surface area contributed by atoms with E-state index in [9.17, 15) is 35.2 Å². The van der Waals surface area contributed by atoms with Crippen molar-refractivity contribution >= 4 is 26.8 Å². The highest BCUT2D eigenvalue weighted by Gasteiger charge is 2.45. The van der Waals surface area contributed by atoms with Crippen molar-refractivity contribution in [1.29, 1.82) is 0 Å². The molecule has 1 N–H and O–H groups in total. The second kappa shape index (κ2) is 9.73. The molecule has 1 aliphatic heterocycles. The Morgan fingerprint density at radius 1 is 1.10 bits per heavy atom. The molecule has 0 aliphatic carbocycles. The van der Waals surface area contributed by atoms with Crippen molar-refractivity contribution in [2.75, 3.05) is 5.75 Å². The minimum atomic E-state index is -4.90. The summed E-state index contributed by atoms with van der Waals surface area (Å²) in [7, 11) is -3.44. The van der Waals surface area contributed by atoms with Gasteiger partial charge in [-0.05, 0) is 36.4 Å². The Morgan fingerprint density at radius 3 is 2.55 bits per heavy atom. The van der Waals surface area contributed by atoms with Crippen LogP contribution in [0.1, 0.15) is 34.4 Å². The number of carbonyl (C=O) groups excluding carboxylic acids is 1. The van der Waals surface area contributed by atoms with Gasteiger partial charge in [-0.15, -0.1) is 8.78 Å². The van der Waals surface area contributed by atoms with Crippen LogP contribution in [0.4, 0.5) is 22.0 Å². The molecular weight excluding hydrogens is 563 g/mol. The summed E-state index contributed by atoms with van der Waals surface area (Å²) in [5.41, 5.74) is 0.226. The predicted molar refractivity (Wildman–Crippen MR) is 130 cm³/mol. The van der Waals surface area contributed by atoms with Crippen LogP contribution in [0.5, 0.6) is 11.5 Å². The summed E-state index contributed by atoms with van der Waals surface area (Å²) in [6, 6.07) is 10.4. The highest BCUT2D eigenvalue weighted by Crippen LogP contribution is 2.44. The number of rotatable bonds is 7. The fourth-order valence-electron chi connectivity index (χ4n) is 4.11. The molecule has 0 atom stereocenters. The molecule has 210 valence electrons. The van der Waals surface area contributed by atoms with E-state index < -0.39 is 40.6 Å². The van der Waals surface area contributed by atoms with Crippen LogP contribution in [0.2, 0.25) is 0 Å². The van der Waals surface area contributed by atoms with Crippen molar-refractivity contribution in [3.63, 3.8) is 0 Å². The zero-order valence-corrected chi connectivity index (χ0v) is 21.3. The molecular formula is C25H19F5N4O5S. The number of nitrogens with zero attached hydrogens (tertiary/aromatic N) is 3. The van der Waals surface area contributed by atoms with E-state index in [0.717, 1.165) is 4.57 Å². The van der Waals surface area contributed by atoms with Gasteiger partial charge in [-0.25, -0.2) is 13.4 Å². The number of imidazole rings is 1. The van der Waals surface area contributed by atoms with Gasteiger partial charge in [-0.3, -0.25) is 9.78 Å². The van der Waals surface area contributed by atoms with Crippen LogP contribution in [0.25, 0.3) is 11.0 Å². The van der Waals surface area contributed by atoms with Crippen LogP contribution in [-0.4, -0.2) is 40.9 Å². The quantitative estimate of drug-likeness (QED) is 0.319. The van der Waals surface area contributed by atoms with Crippen molar-refractivity contribution in [3.05, 3.63) is 77.4 Å². The lowest BCUT2D eigenvalue weighted by Crippen LogP contribution is -2.26. The van der Waals surface area contributed by atoms with Crippen molar-refractivity contribution in [3.8, 4) is 11.5 Å². The maximum Gasteiger partial charge on any atom is 0.586 e. The standard InChI is InChI=1S/C25H19F5N4O5S/c1-2-40(36,37)17-8-7-16(31-12-17)11-32-22(35)14-6-9-19-18(10-14)33-23(24(26,27)28)34(19)13-15-4-3-5-20-21(15)39-25(29,30)38-20/h3-10,12H,2,11,13H2,1H3,(H,32,35). The number of sulfone groups is 1. The average Bonchev–Trinajstić information content (AvgIpc) is 3.43. The summed E-state index contributed by atoms with van der Waals surface area (Å²) in [4.78, 5) is 20.4. The van der Waals surface area contributed by atoms with Gasteiger partial charge >= 0.3 is 12.5 Å². The van der Waals surface area contributed by atoms with Crippen LogP contribution in [-0.2, 0) is 29.1 Å². The number of benzene rings is 2. The van der Waals surface area contributed by atoms with Gasteiger partial charge in [0.15, 0.2) is 21.3 Å². The monoisotopic (exact) mass is 582 g/mol. The van der Waals surface area contributed by atoms with Crippen molar-refractivity contribution in [2.45, 2.75) is 37.4 Å². The molecule has 0 fully saturated rings. The second-order valence-electron chi connectivity index (χ2n) is 8.71. The van der Waals surface area contributed by atoms with Crippen molar-refractivity contribution < 1.29 is 44.6 Å². The van der Waals surface area contributed by atoms with E-state index in [1.807, 2.05) is 0 Å². The van der Waals surface area contributed by atoms with Crippen LogP contribution in [0.15, 0.2) is 59.6 Å². The second-order valence-corrected chi connectivity index (χ2v) is 11.0. The Morgan fingerprint density at radius 2 is 1.88 bits per heavy atom. The molecule has 1 amide bonds. The van der Waals surface area contributed by atoms with E-state index in [1.54, 1.807) is 0 Å². The highest BCUT2D eigenvalue weighted by atomic mass is 32.2. The Hall–Kier alpha value is -4.27. The molecule has 9 nitrogen and oxygen atoms in total. The maximum atomic E-state index is 13.9. The van der Waals surface area contributed by atoms with E-state index in [4.69, 9.17) is 0 Å². The van der Waals surface area contributed by atoms with Gasteiger partial charge in [0.1, 0.15) is 0 Å². The van der Waals surface area contributed by atoms with E-state index in [1.165, 1.54) is 61.7 Å². The molecule has 4 aromatic rings. The van der Waals surface area contributed by atoms with Gasteiger partial charge in [0.2, 0.25) is 5.82 Å². The van der Waals surface area contributed by atoms with Crippen LogP contribution in [0.3, 0.4) is 0 Å². The molecule has 2 aromatic carbocycles. The van der Waals surface area contributed by atoms with Crippen LogP contribution >= 0.6 is 0 Å². The third-order valence-electron chi connectivity index (χ3n) is 6.07. The molecule has 0 bridgehead atoms. The zero-order valence-electron chi connectivity index (χ0n) is 20.5. The summed E-state index contributed by atoms with van der Waals surface area (Å²) in [5.74, 6) is -2.71. The lowest BCUT2D eigenvalue weighted by atomic mass is 10.1. The molecule has 0 radical (unpaired) electrons. The van der Waals surface area contributed by atoms with Gasteiger partial charge in [0, 0.05) is 17.3 Å². The molecule has 0 saturated heterocycles. The minimum absolute atomic E-state index is 0.00143. The Balaban J connectivity index is 1.40. The number of fused-ring (bicyclic) bond motifs is 2. The number of para-hydroxylation sites is 1. The van der Waals surface area contributed by atoms with E-state index >= 15 is 0 Å². The first-order valence-electron chi connectivity index (χ1n) is 11.7. The minimum Gasteiger partial charge on any atom is -0.395 e. The largest absolute Gasteiger partial charge is 0.586 e. The summed E-state index contributed by atoms with van der Waals surface area (Å²) in [6.45, 7) is 0.908. The first-order chi connectivity index (χ1) is 18.8. The molecule has 0 spiro atoms. The van der Waals surface area contributed by atoms with Gasteiger partial charge in [0.05, 0.1) is 40.5 Å². The normalized spacial score (nSPS) is 14.4. The fraction of sp³-hybridized carbons (Fsp3) is 0.240. The summed E-state index contributed by atoms with van der Waals surface area (Å²) < 4.78 is 102. The molecule has 40 heavy (non-hydrogen) atoms. The Kier molecular flexibility index (Phi) is 6.64. The number of alkyl halides is 5. The van der Waals surface area contributed by atoms with Gasteiger partial charge in [-0.1, -0.05) is 19.1 Å². The fourth-order valence-corrected chi connectivity index (χ4v) is 4.93. The topological polar surface area (TPSA) is 112 Å². The van der Waals surface area contributed by atoms with Gasteiger partial charge in [-0.2, -0.15) is 13.2 Å². The highest BCUT2D eigenvalue weighted by molar-refractivity contribution is 7.91. The molecule has 15 heteroatoms. The molecule has 3 heterocycles. The predicted octanol–water partition coefficient (Wildman–Crippen LogP) is 4.54. The number of carbonyl (C=O) groups is 1. The Bertz CT molecular complexity index is 1720.